The Morgan fingerprint density at radius 1 is 0.792 bits per heavy atom. The molecule has 0 spiro atoms. The van der Waals surface area contributed by atoms with Gasteiger partial charge in [0.15, 0.2) is 0 Å². The Morgan fingerprint density at radius 2 is 1.50 bits per heavy atom. The van der Waals surface area contributed by atoms with Crippen LogP contribution in [0.2, 0.25) is 0 Å². The number of carbonyl (C=O) groups excluding carboxylic acids is 1. The van der Waals surface area contributed by atoms with Crippen LogP contribution in [-0.2, 0) is 12.8 Å². The van der Waals surface area contributed by atoms with Crippen LogP contribution in [0.3, 0.4) is 0 Å². The highest BCUT2D eigenvalue weighted by atomic mass is 19.1. The zero-order valence-electron chi connectivity index (χ0n) is 13.1. The molecule has 0 heterocycles. The van der Waals surface area contributed by atoms with Crippen LogP contribution in [0.1, 0.15) is 21.5 Å². The lowest BCUT2D eigenvalue weighted by molar-refractivity contribution is 0.0735. The maximum atomic E-state index is 13.2. The van der Waals surface area contributed by atoms with Crippen molar-refractivity contribution in [1.29, 1.82) is 0 Å². The van der Waals surface area contributed by atoms with Gasteiger partial charge in [-0.25, -0.2) is 9.18 Å². The first-order chi connectivity index (χ1) is 11.7. The molecule has 0 aliphatic carbocycles. The van der Waals surface area contributed by atoms with E-state index in [1.54, 1.807) is 36.4 Å². The molecule has 3 aromatic rings. The van der Waals surface area contributed by atoms with E-state index in [1.807, 2.05) is 36.4 Å². The average Bonchev–Trinajstić information content (AvgIpc) is 2.61. The summed E-state index contributed by atoms with van der Waals surface area (Å²) in [7, 11) is 0. The Bertz CT molecular complexity index is 811. The number of carbonyl (C=O) groups is 1. The van der Waals surface area contributed by atoms with Crippen molar-refractivity contribution in [2.45, 2.75) is 12.8 Å². The number of benzene rings is 3. The van der Waals surface area contributed by atoms with E-state index in [-0.39, 0.29) is 11.8 Å². The quantitative estimate of drug-likeness (QED) is 0.497. The highest BCUT2D eigenvalue weighted by Gasteiger charge is 2.08. The van der Waals surface area contributed by atoms with E-state index in [2.05, 4.69) is 0 Å². The molecule has 0 fully saturated rings. The summed E-state index contributed by atoms with van der Waals surface area (Å²) < 4.78 is 18.5. The maximum Gasteiger partial charge on any atom is 0.343 e. The van der Waals surface area contributed by atoms with E-state index in [0.29, 0.717) is 11.3 Å². The summed E-state index contributed by atoms with van der Waals surface area (Å²) in [5, 5.41) is 0. The standard InChI is InChI=1S/C21H17FO2/c22-19-6-4-5-17(15-19)10-9-16-11-13-18(14-12-16)21(23)24-20-7-2-1-3-8-20/h1-8,11-15H,9-10H2. The van der Waals surface area contributed by atoms with Gasteiger partial charge in [0.05, 0.1) is 5.56 Å². The van der Waals surface area contributed by atoms with Crippen molar-refractivity contribution in [3.8, 4) is 5.75 Å². The smallest absolute Gasteiger partial charge is 0.343 e. The van der Waals surface area contributed by atoms with Gasteiger partial charge >= 0.3 is 5.97 Å². The van der Waals surface area contributed by atoms with Crippen molar-refractivity contribution < 1.29 is 13.9 Å². The lowest BCUT2D eigenvalue weighted by atomic mass is 10.0. The van der Waals surface area contributed by atoms with Crippen molar-refractivity contribution in [2.75, 3.05) is 0 Å². The van der Waals surface area contributed by atoms with Crippen LogP contribution >= 0.6 is 0 Å². The monoisotopic (exact) mass is 320 g/mol. The Balaban J connectivity index is 1.59. The van der Waals surface area contributed by atoms with Crippen molar-refractivity contribution in [2.24, 2.45) is 0 Å². The Hall–Kier alpha value is -2.94. The van der Waals surface area contributed by atoms with E-state index in [1.165, 1.54) is 6.07 Å². The molecule has 120 valence electrons. The fourth-order valence-electron chi connectivity index (χ4n) is 2.44. The van der Waals surface area contributed by atoms with E-state index >= 15 is 0 Å². The molecule has 0 aromatic heterocycles. The topological polar surface area (TPSA) is 26.3 Å². The van der Waals surface area contributed by atoms with Crippen molar-refractivity contribution in [3.05, 3.63) is 101 Å². The minimum atomic E-state index is -0.377. The van der Waals surface area contributed by atoms with Crippen LogP contribution in [0.4, 0.5) is 4.39 Å². The second-order valence-corrected chi connectivity index (χ2v) is 5.53. The zero-order valence-corrected chi connectivity index (χ0v) is 13.1. The van der Waals surface area contributed by atoms with Crippen LogP contribution < -0.4 is 4.74 Å². The van der Waals surface area contributed by atoms with Gasteiger partial charge in [0.1, 0.15) is 11.6 Å². The number of rotatable bonds is 5. The first-order valence-corrected chi connectivity index (χ1v) is 7.81. The summed E-state index contributed by atoms with van der Waals surface area (Å²) in [5.41, 5.74) is 2.56. The Kier molecular flexibility index (Phi) is 5.02. The molecular weight excluding hydrogens is 303 g/mol. The molecule has 0 N–H and O–H groups in total. The third-order valence-corrected chi connectivity index (χ3v) is 3.73. The highest BCUT2D eigenvalue weighted by molar-refractivity contribution is 5.91. The van der Waals surface area contributed by atoms with E-state index in [0.717, 1.165) is 24.0 Å². The third kappa shape index (κ3) is 4.29. The second-order valence-electron chi connectivity index (χ2n) is 5.53. The van der Waals surface area contributed by atoms with Crippen LogP contribution in [-0.4, -0.2) is 5.97 Å². The fraction of sp³-hybridized carbons (Fsp3) is 0.0952. The number of ether oxygens (including phenoxy) is 1. The Morgan fingerprint density at radius 3 is 2.21 bits per heavy atom. The highest BCUT2D eigenvalue weighted by Crippen LogP contribution is 2.14. The predicted molar refractivity (Wildman–Crippen MR) is 91.7 cm³/mol. The largest absolute Gasteiger partial charge is 0.423 e. The second kappa shape index (κ2) is 7.55. The molecule has 3 rings (SSSR count). The van der Waals surface area contributed by atoms with Gasteiger partial charge in [-0.15, -0.1) is 0 Å². The molecule has 0 aliphatic heterocycles. The molecule has 0 bridgehead atoms. The molecule has 0 amide bonds. The molecule has 0 saturated heterocycles. The number of esters is 1. The summed E-state index contributed by atoms with van der Waals surface area (Å²) in [6.07, 6.45) is 1.54. The van der Waals surface area contributed by atoms with Gasteiger partial charge in [0, 0.05) is 0 Å². The molecule has 2 nitrogen and oxygen atoms in total. The summed E-state index contributed by atoms with van der Waals surface area (Å²) >= 11 is 0. The van der Waals surface area contributed by atoms with E-state index in [9.17, 15) is 9.18 Å². The average molecular weight is 320 g/mol. The van der Waals surface area contributed by atoms with Gasteiger partial charge in [0.2, 0.25) is 0 Å². The van der Waals surface area contributed by atoms with Crippen molar-refractivity contribution in [1.82, 2.24) is 0 Å². The maximum absolute atomic E-state index is 13.2. The lowest BCUT2D eigenvalue weighted by Crippen LogP contribution is -2.08. The molecule has 24 heavy (non-hydrogen) atoms. The summed E-state index contributed by atoms with van der Waals surface area (Å²) in [6.45, 7) is 0. The van der Waals surface area contributed by atoms with E-state index < -0.39 is 0 Å². The van der Waals surface area contributed by atoms with Gasteiger partial charge in [-0.2, -0.15) is 0 Å². The van der Waals surface area contributed by atoms with Gasteiger partial charge in [-0.3, -0.25) is 0 Å². The first kappa shape index (κ1) is 15.9. The minimum absolute atomic E-state index is 0.216. The molecule has 0 aliphatic rings. The van der Waals surface area contributed by atoms with Gasteiger partial charge in [-0.05, 0) is 60.4 Å². The van der Waals surface area contributed by atoms with Crippen LogP contribution in [0.25, 0.3) is 0 Å². The molecular formula is C21H17FO2. The first-order valence-electron chi connectivity index (χ1n) is 7.81. The summed E-state index contributed by atoms with van der Waals surface area (Å²) in [5.74, 6) is -0.0675. The number of halogens is 1. The Labute approximate surface area is 140 Å². The van der Waals surface area contributed by atoms with Crippen LogP contribution in [0.15, 0.2) is 78.9 Å². The van der Waals surface area contributed by atoms with Gasteiger partial charge in [0.25, 0.3) is 0 Å². The minimum Gasteiger partial charge on any atom is -0.423 e. The number of hydrogen-bond acceptors (Lipinski definition) is 2. The molecule has 0 radical (unpaired) electrons. The predicted octanol–water partition coefficient (Wildman–Crippen LogP) is 4.83. The molecule has 3 aromatic carbocycles. The summed E-state index contributed by atoms with van der Waals surface area (Å²) in [6, 6.07) is 22.9. The number of para-hydroxylation sites is 1. The molecule has 0 atom stereocenters. The summed E-state index contributed by atoms with van der Waals surface area (Å²) in [4.78, 5) is 12.1. The normalized spacial score (nSPS) is 10.4. The SMILES string of the molecule is O=C(Oc1ccccc1)c1ccc(CCc2cccc(F)c2)cc1. The van der Waals surface area contributed by atoms with Crippen LogP contribution in [0.5, 0.6) is 5.75 Å². The van der Waals surface area contributed by atoms with Crippen LogP contribution in [0, 0.1) is 5.82 Å². The number of hydrogen-bond donors (Lipinski definition) is 0. The number of aryl methyl sites for hydroxylation is 2. The van der Waals surface area contributed by atoms with Crippen molar-refractivity contribution in [3.63, 3.8) is 0 Å². The fourth-order valence-corrected chi connectivity index (χ4v) is 2.44. The molecule has 3 heteroatoms. The van der Waals surface area contributed by atoms with Crippen molar-refractivity contribution >= 4 is 5.97 Å². The zero-order chi connectivity index (χ0) is 16.8. The van der Waals surface area contributed by atoms with Gasteiger partial charge < -0.3 is 4.74 Å². The van der Waals surface area contributed by atoms with Gasteiger partial charge in [-0.1, -0.05) is 42.5 Å². The third-order valence-electron chi connectivity index (χ3n) is 3.73. The molecule has 0 saturated carbocycles. The van der Waals surface area contributed by atoms with E-state index in [4.69, 9.17) is 4.74 Å². The molecule has 0 unspecified atom stereocenters. The lowest BCUT2D eigenvalue weighted by Gasteiger charge is -2.06.